The quantitative estimate of drug-likeness (QED) is 0.799. The van der Waals surface area contributed by atoms with Crippen LogP contribution in [0.25, 0.3) is 0 Å². The van der Waals surface area contributed by atoms with Gasteiger partial charge in [0.2, 0.25) is 0 Å². The van der Waals surface area contributed by atoms with Crippen LogP contribution >= 0.6 is 0 Å². The zero-order chi connectivity index (χ0) is 11.4. The van der Waals surface area contributed by atoms with Gasteiger partial charge in [-0.3, -0.25) is 0 Å². The first-order chi connectivity index (χ1) is 7.78. The molecule has 0 aliphatic rings. The Morgan fingerprint density at radius 1 is 1.19 bits per heavy atom. The van der Waals surface area contributed by atoms with Crippen LogP contribution in [0.5, 0.6) is 11.5 Å². The van der Waals surface area contributed by atoms with Crippen molar-refractivity contribution >= 4 is 5.69 Å². The predicted octanol–water partition coefficient (Wildman–Crippen LogP) is 2.41. The van der Waals surface area contributed by atoms with E-state index in [-0.39, 0.29) is 0 Å². The van der Waals surface area contributed by atoms with Gasteiger partial charge in [-0.25, -0.2) is 9.97 Å². The van der Waals surface area contributed by atoms with Gasteiger partial charge in [-0.1, -0.05) is 13.0 Å². The lowest BCUT2D eigenvalue weighted by Crippen LogP contribution is -1.93. The second-order valence-corrected chi connectivity index (χ2v) is 3.36. The molecule has 1 aromatic heterocycles. The van der Waals surface area contributed by atoms with Gasteiger partial charge in [-0.05, 0) is 12.1 Å². The third-order valence-electron chi connectivity index (χ3n) is 2.09. The topological polar surface area (TPSA) is 61.0 Å². The maximum absolute atomic E-state index is 5.65. The molecule has 2 aromatic rings. The zero-order valence-corrected chi connectivity index (χ0v) is 9.05. The van der Waals surface area contributed by atoms with Crippen LogP contribution in [0, 0.1) is 0 Å². The molecule has 4 nitrogen and oxygen atoms in total. The third-order valence-corrected chi connectivity index (χ3v) is 2.09. The maximum Gasteiger partial charge on any atom is 0.164 e. The number of aryl methyl sites for hydroxylation is 1. The second-order valence-electron chi connectivity index (χ2n) is 3.36. The molecule has 2 rings (SSSR count). The van der Waals surface area contributed by atoms with E-state index in [1.54, 1.807) is 18.5 Å². The van der Waals surface area contributed by atoms with Crippen molar-refractivity contribution in [2.75, 3.05) is 5.73 Å². The van der Waals surface area contributed by atoms with Gasteiger partial charge in [0.25, 0.3) is 0 Å². The first-order valence-corrected chi connectivity index (χ1v) is 5.12. The summed E-state index contributed by atoms with van der Waals surface area (Å²) >= 11 is 0. The molecule has 1 heterocycles. The summed E-state index contributed by atoms with van der Waals surface area (Å²) in [7, 11) is 0. The molecule has 4 heteroatoms. The van der Waals surface area contributed by atoms with Crippen molar-refractivity contribution in [3.63, 3.8) is 0 Å². The molecular formula is C12H13N3O. The van der Waals surface area contributed by atoms with Crippen molar-refractivity contribution in [1.29, 1.82) is 0 Å². The molecule has 0 saturated heterocycles. The minimum Gasteiger partial charge on any atom is -0.454 e. The standard InChI is InChI=1S/C12H13N3O/c1-2-12-14-7-11(8-15-12)16-10-5-3-4-9(13)6-10/h3-8H,2,13H2,1H3. The van der Waals surface area contributed by atoms with E-state index in [4.69, 9.17) is 10.5 Å². The number of ether oxygens (including phenoxy) is 1. The van der Waals surface area contributed by atoms with Crippen molar-refractivity contribution in [2.45, 2.75) is 13.3 Å². The largest absolute Gasteiger partial charge is 0.454 e. The highest BCUT2D eigenvalue weighted by Crippen LogP contribution is 2.21. The molecule has 2 N–H and O–H groups in total. The highest BCUT2D eigenvalue weighted by molar-refractivity contribution is 5.44. The molecule has 0 radical (unpaired) electrons. The number of hydrogen-bond donors (Lipinski definition) is 1. The van der Waals surface area contributed by atoms with Crippen molar-refractivity contribution in [3.05, 3.63) is 42.5 Å². The highest BCUT2D eigenvalue weighted by Gasteiger charge is 1.99. The minimum absolute atomic E-state index is 0.614. The van der Waals surface area contributed by atoms with Crippen LogP contribution in [0.15, 0.2) is 36.7 Å². The van der Waals surface area contributed by atoms with Crippen LogP contribution in [0.4, 0.5) is 5.69 Å². The lowest BCUT2D eigenvalue weighted by Gasteiger charge is -2.05. The van der Waals surface area contributed by atoms with Crippen LogP contribution in [-0.4, -0.2) is 9.97 Å². The molecule has 0 fully saturated rings. The average molecular weight is 215 g/mol. The summed E-state index contributed by atoms with van der Waals surface area (Å²) in [5.41, 5.74) is 6.32. The van der Waals surface area contributed by atoms with E-state index < -0.39 is 0 Å². The molecule has 82 valence electrons. The number of rotatable bonds is 3. The van der Waals surface area contributed by atoms with Gasteiger partial charge in [-0.2, -0.15) is 0 Å². The number of nitrogens with zero attached hydrogens (tertiary/aromatic N) is 2. The number of hydrogen-bond acceptors (Lipinski definition) is 4. The fourth-order valence-electron chi connectivity index (χ4n) is 1.29. The average Bonchev–Trinajstić information content (AvgIpc) is 2.30. The first-order valence-electron chi connectivity index (χ1n) is 5.12. The van der Waals surface area contributed by atoms with E-state index >= 15 is 0 Å². The van der Waals surface area contributed by atoms with Crippen molar-refractivity contribution in [3.8, 4) is 11.5 Å². The van der Waals surface area contributed by atoms with E-state index in [0.717, 1.165) is 12.2 Å². The summed E-state index contributed by atoms with van der Waals surface area (Å²) in [5, 5.41) is 0. The fourth-order valence-corrected chi connectivity index (χ4v) is 1.29. The molecule has 0 amide bonds. The van der Waals surface area contributed by atoms with Crippen molar-refractivity contribution in [2.24, 2.45) is 0 Å². The lowest BCUT2D eigenvalue weighted by molar-refractivity contribution is 0.476. The van der Waals surface area contributed by atoms with E-state index in [1.165, 1.54) is 0 Å². The van der Waals surface area contributed by atoms with Gasteiger partial charge in [0.1, 0.15) is 11.6 Å². The Bertz CT molecular complexity index is 468. The summed E-state index contributed by atoms with van der Waals surface area (Å²) < 4.78 is 5.55. The molecule has 0 bridgehead atoms. The number of benzene rings is 1. The predicted molar refractivity (Wildman–Crippen MR) is 62.3 cm³/mol. The van der Waals surface area contributed by atoms with Gasteiger partial charge in [0, 0.05) is 18.2 Å². The van der Waals surface area contributed by atoms with Gasteiger partial charge in [0.05, 0.1) is 12.4 Å². The summed E-state index contributed by atoms with van der Waals surface area (Å²) in [6, 6.07) is 7.24. The maximum atomic E-state index is 5.65. The van der Waals surface area contributed by atoms with Crippen LogP contribution in [-0.2, 0) is 6.42 Å². The van der Waals surface area contributed by atoms with Crippen LogP contribution < -0.4 is 10.5 Å². The number of anilines is 1. The van der Waals surface area contributed by atoms with Crippen molar-refractivity contribution < 1.29 is 4.74 Å². The molecule has 0 aliphatic heterocycles. The lowest BCUT2D eigenvalue weighted by atomic mass is 10.3. The summed E-state index contributed by atoms with van der Waals surface area (Å²) in [6.07, 6.45) is 4.14. The third kappa shape index (κ3) is 2.48. The number of nitrogens with two attached hydrogens (primary N) is 1. The van der Waals surface area contributed by atoms with Crippen LogP contribution in [0.2, 0.25) is 0 Å². The number of aromatic nitrogens is 2. The molecule has 0 atom stereocenters. The monoisotopic (exact) mass is 215 g/mol. The smallest absolute Gasteiger partial charge is 0.164 e. The Labute approximate surface area is 94.1 Å². The molecule has 0 unspecified atom stereocenters. The van der Waals surface area contributed by atoms with E-state index in [2.05, 4.69) is 9.97 Å². The van der Waals surface area contributed by atoms with E-state index in [0.29, 0.717) is 17.2 Å². The Kier molecular flexibility index (Phi) is 3.00. The Morgan fingerprint density at radius 2 is 1.94 bits per heavy atom. The van der Waals surface area contributed by atoms with Gasteiger partial charge < -0.3 is 10.5 Å². The molecule has 0 aliphatic carbocycles. The Hall–Kier alpha value is -2.10. The molecule has 1 aromatic carbocycles. The summed E-state index contributed by atoms with van der Waals surface area (Å²) in [4.78, 5) is 8.30. The van der Waals surface area contributed by atoms with Gasteiger partial charge >= 0.3 is 0 Å². The number of nitrogen functional groups attached to an aromatic ring is 1. The fraction of sp³-hybridized carbons (Fsp3) is 0.167. The first kappa shape index (κ1) is 10.4. The van der Waals surface area contributed by atoms with Gasteiger partial charge in [0.15, 0.2) is 5.75 Å². The van der Waals surface area contributed by atoms with Crippen molar-refractivity contribution in [1.82, 2.24) is 9.97 Å². The van der Waals surface area contributed by atoms with Crippen LogP contribution in [0.1, 0.15) is 12.7 Å². The Balaban J connectivity index is 2.14. The Morgan fingerprint density at radius 3 is 2.56 bits per heavy atom. The second kappa shape index (κ2) is 4.61. The van der Waals surface area contributed by atoms with Gasteiger partial charge in [-0.15, -0.1) is 0 Å². The summed E-state index contributed by atoms with van der Waals surface area (Å²) in [6.45, 7) is 2.01. The van der Waals surface area contributed by atoms with E-state index in [1.807, 2.05) is 25.1 Å². The molecule has 16 heavy (non-hydrogen) atoms. The SMILES string of the molecule is CCc1ncc(Oc2cccc(N)c2)cn1. The molecule has 0 spiro atoms. The summed E-state index contributed by atoms with van der Waals surface area (Å²) in [5.74, 6) is 2.11. The minimum atomic E-state index is 0.614. The normalized spacial score (nSPS) is 10.1. The molecule has 0 saturated carbocycles. The zero-order valence-electron chi connectivity index (χ0n) is 9.05. The van der Waals surface area contributed by atoms with Crippen LogP contribution in [0.3, 0.4) is 0 Å². The highest BCUT2D eigenvalue weighted by atomic mass is 16.5. The van der Waals surface area contributed by atoms with E-state index in [9.17, 15) is 0 Å². The molecular weight excluding hydrogens is 202 g/mol.